The minimum Gasteiger partial charge on any atom is -0.351 e. The van der Waals surface area contributed by atoms with Gasteiger partial charge in [0, 0.05) is 50.5 Å². The third kappa shape index (κ3) is 5.17. The van der Waals surface area contributed by atoms with Gasteiger partial charge in [-0.05, 0) is 49.2 Å². The number of urea groups is 1. The molecule has 0 aromatic heterocycles. The molecule has 0 bridgehead atoms. The van der Waals surface area contributed by atoms with E-state index in [1.165, 1.54) is 0 Å². The first-order valence-electron chi connectivity index (χ1n) is 10.5. The standard InChI is InChI=1S/C23H31N5O2/c1-3-27(4-2)22(29)18-10-8-17(9-11-18)21(28-14-12-25-13-15-28)19-6-5-7-20(16-19)26-23(24)30/h5-11,16,21,25H,3-4,12-15H2,1-2H3,(H3,24,26,30). The third-order valence-corrected chi connectivity index (χ3v) is 5.51. The minimum atomic E-state index is -0.579. The number of carbonyl (C=O) groups excluding carboxylic acids is 2. The highest BCUT2D eigenvalue weighted by molar-refractivity contribution is 5.94. The summed E-state index contributed by atoms with van der Waals surface area (Å²) in [7, 11) is 0. The highest BCUT2D eigenvalue weighted by atomic mass is 16.2. The Morgan fingerprint density at radius 3 is 2.33 bits per heavy atom. The Morgan fingerprint density at radius 1 is 1.07 bits per heavy atom. The molecule has 160 valence electrons. The molecule has 7 heteroatoms. The van der Waals surface area contributed by atoms with Crippen molar-refractivity contribution in [1.82, 2.24) is 15.1 Å². The molecule has 1 atom stereocenters. The summed E-state index contributed by atoms with van der Waals surface area (Å²) < 4.78 is 0. The zero-order valence-electron chi connectivity index (χ0n) is 17.7. The number of piperazine rings is 1. The van der Waals surface area contributed by atoms with Gasteiger partial charge in [-0.2, -0.15) is 0 Å². The van der Waals surface area contributed by atoms with Crippen molar-refractivity contribution in [3.8, 4) is 0 Å². The molecule has 1 saturated heterocycles. The minimum absolute atomic E-state index is 0.0272. The van der Waals surface area contributed by atoms with Crippen LogP contribution in [0.4, 0.5) is 10.5 Å². The van der Waals surface area contributed by atoms with Crippen LogP contribution in [0.2, 0.25) is 0 Å². The summed E-state index contributed by atoms with van der Waals surface area (Å²) in [5.74, 6) is 0.0536. The van der Waals surface area contributed by atoms with Crippen LogP contribution in [0.1, 0.15) is 41.4 Å². The van der Waals surface area contributed by atoms with E-state index in [2.05, 4.69) is 21.6 Å². The van der Waals surface area contributed by atoms with Crippen LogP contribution in [0.5, 0.6) is 0 Å². The quantitative estimate of drug-likeness (QED) is 0.656. The Balaban J connectivity index is 1.93. The van der Waals surface area contributed by atoms with Gasteiger partial charge >= 0.3 is 6.03 Å². The molecule has 7 nitrogen and oxygen atoms in total. The number of hydrogen-bond acceptors (Lipinski definition) is 4. The zero-order valence-corrected chi connectivity index (χ0v) is 17.7. The molecule has 0 radical (unpaired) electrons. The van der Waals surface area contributed by atoms with Gasteiger partial charge in [0.1, 0.15) is 0 Å². The highest BCUT2D eigenvalue weighted by Crippen LogP contribution is 2.31. The van der Waals surface area contributed by atoms with Crippen LogP contribution >= 0.6 is 0 Å². The van der Waals surface area contributed by atoms with E-state index in [1.54, 1.807) is 0 Å². The van der Waals surface area contributed by atoms with Gasteiger partial charge < -0.3 is 21.3 Å². The maximum Gasteiger partial charge on any atom is 0.316 e. The van der Waals surface area contributed by atoms with Crippen molar-refractivity contribution in [2.75, 3.05) is 44.6 Å². The van der Waals surface area contributed by atoms with Gasteiger partial charge in [-0.25, -0.2) is 4.79 Å². The van der Waals surface area contributed by atoms with E-state index in [4.69, 9.17) is 5.73 Å². The van der Waals surface area contributed by atoms with Gasteiger partial charge in [0.15, 0.2) is 0 Å². The Labute approximate surface area is 178 Å². The second-order valence-electron chi connectivity index (χ2n) is 7.40. The average Bonchev–Trinajstić information content (AvgIpc) is 2.76. The first kappa shape index (κ1) is 21.8. The lowest BCUT2D eigenvalue weighted by Gasteiger charge is -2.36. The van der Waals surface area contributed by atoms with Gasteiger partial charge in [-0.1, -0.05) is 24.3 Å². The van der Waals surface area contributed by atoms with Gasteiger partial charge in [-0.3, -0.25) is 9.69 Å². The van der Waals surface area contributed by atoms with Crippen LogP contribution < -0.4 is 16.4 Å². The molecule has 3 rings (SSSR count). The fourth-order valence-corrected chi connectivity index (χ4v) is 3.98. The number of hydrogen-bond donors (Lipinski definition) is 3. The molecule has 1 heterocycles. The molecule has 2 aromatic carbocycles. The molecule has 1 aliphatic heterocycles. The van der Waals surface area contributed by atoms with E-state index in [-0.39, 0.29) is 11.9 Å². The molecule has 1 unspecified atom stereocenters. The number of nitrogens with two attached hydrogens (primary N) is 1. The summed E-state index contributed by atoms with van der Waals surface area (Å²) in [5, 5.41) is 6.06. The smallest absolute Gasteiger partial charge is 0.316 e. The SMILES string of the molecule is CCN(CC)C(=O)c1ccc(C(c2cccc(NC(N)=O)c2)N2CCNCC2)cc1. The maximum atomic E-state index is 12.7. The van der Waals surface area contributed by atoms with Crippen molar-refractivity contribution in [3.05, 3.63) is 65.2 Å². The Bertz CT molecular complexity index is 858. The molecular weight excluding hydrogens is 378 g/mol. The molecule has 0 spiro atoms. The third-order valence-electron chi connectivity index (χ3n) is 5.51. The first-order valence-corrected chi connectivity index (χ1v) is 10.5. The van der Waals surface area contributed by atoms with Gasteiger partial charge in [0.2, 0.25) is 0 Å². The van der Waals surface area contributed by atoms with Crippen LogP contribution in [0.15, 0.2) is 48.5 Å². The lowest BCUT2D eigenvalue weighted by atomic mass is 9.95. The Kier molecular flexibility index (Phi) is 7.43. The molecule has 0 aliphatic carbocycles. The molecule has 1 fully saturated rings. The molecule has 2 aromatic rings. The molecule has 30 heavy (non-hydrogen) atoms. The van der Waals surface area contributed by atoms with Crippen LogP contribution in [0.3, 0.4) is 0 Å². The second kappa shape index (κ2) is 10.2. The molecule has 1 aliphatic rings. The molecule has 3 amide bonds. The summed E-state index contributed by atoms with van der Waals surface area (Å²) in [4.78, 5) is 28.2. The fourth-order valence-electron chi connectivity index (χ4n) is 3.98. The van der Waals surface area contributed by atoms with Crippen LogP contribution in [0, 0.1) is 0 Å². The zero-order chi connectivity index (χ0) is 21.5. The van der Waals surface area contributed by atoms with Crippen molar-refractivity contribution in [3.63, 3.8) is 0 Å². The Hall–Kier alpha value is -2.90. The largest absolute Gasteiger partial charge is 0.351 e. The molecule has 0 saturated carbocycles. The number of carbonyl (C=O) groups is 2. The lowest BCUT2D eigenvalue weighted by Crippen LogP contribution is -2.45. The summed E-state index contributed by atoms with van der Waals surface area (Å²) in [6.45, 7) is 9.05. The maximum absolute atomic E-state index is 12.7. The van der Waals surface area contributed by atoms with E-state index < -0.39 is 6.03 Å². The van der Waals surface area contributed by atoms with Gasteiger partial charge in [0.05, 0.1) is 6.04 Å². The van der Waals surface area contributed by atoms with E-state index in [0.29, 0.717) is 24.3 Å². The van der Waals surface area contributed by atoms with E-state index in [1.807, 2.05) is 61.2 Å². The number of benzene rings is 2. The normalized spacial score (nSPS) is 15.4. The number of rotatable bonds is 7. The molecule has 4 N–H and O–H groups in total. The van der Waals surface area contributed by atoms with Crippen molar-refractivity contribution >= 4 is 17.6 Å². The Morgan fingerprint density at radius 2 is 1.73 bits per heavy atom. The monoisotopic (exact) mass is 409 g/mol. The highest BCUT2D eigenvalue weighted by Gasteiger charge is 2.24. The van der Waals surface area contributed by atoms with Gasteiger partial charge in [0.25, 0.3) is 5.91 Å². The summed E-state index contributed by atoms with van der Waals surface area (Å²) in [5.41, 5.74) is 8.86. The van der Waals surface area contributed by atoms with E-state index in [0.717, 1.165) is 37.3 Å². The van der Waals surface area contributed by atoms with Gasteiger partial charge in [-0.15, -0.1) is 0 Å². The van der Waals surface area contributed by atoms with Crippen molar-refractivity contribution < 1.29 is 9.59 Å². The van der Waals surface area contributed by atoms with Crippen molar-refractivity contribution in [2.45, 2.75) is 19.9 Å². The number of anilines is 1. The molecular formula is C23H31N5O2. The van der Waals surface area contributed by atoms with E-state index in [9.17, 15) is 9.59 Å². The number of nitrogens with one attached hydrogen (secondary N) is 2. The number of nitrogens with zero attached hydrogens (tertiary/aromatic N) is 2. The summed E-state index contributed by atoms with van der Waals surface area (Å²) in [6.07, 6.45) is 0. The van der Waals surface area contributed by atoms with Crippen molar-refractivity contribution in [1.29, 1.82) is 0 Å². The lowest BCUT2D eigenvalue weighted by molar-refractivity contribution is 0.0773. The number of amides is 3. The average molecular weight is 410 g/mol. The predicted molar refractivity (Wildman–Crippen MR) is 120 cm³/mol. The van der Waals surface area contributed by atoms with Crippen LogP contribution in [-0.2, 0) is 0 Å². The summed E-state index contributed by atoms with van der Waals surface area (Å²) in [6, 6.07) is 15.1. The second-order valence-corrected chi connectivity index (χ2v) is 7.40. The first-order chi connectivity index (χ1) is 14.5. The fraction of sp³-hybridized carbons (Fsp3) is 0.391. The summed E-state index contributed by atoms with van der Waals surface area (Å²) >= 11 is 0. The van der Waals surface area contributed by atoms with Crippen molar-refractivity contribution in [2.24, 2.45) is 5.73 Å². The predicted octanol–water partition coefficient (Wildman–Crippen LogP) is 2.65. The van der Waals surface area contributed by atoms with Crippen LogP contribution in [0.25, 0.3) is 0 Å². The topological polar surface area (TPSA) is 90.7 Å². The van der Waals surface area contributed by atoms with Crippen LogP contribution in [-0.4, -0.2) is 61.0 Å². The van der Waals surface area contributed by atoms with E-state index >= 15 is 0 Å². The number of primary amides is 1.